The second kappa shape index (κ2) is 7.28. The van der Waals surface area contributed by atoms with E-state index in [9.17, 15) is 5.26 Å². The third-order valence-electron chi connectivity index (χ3n) is 4.99. The lowest BCUT2D eigenvalue weighted by atomic mass is 9.79. The van der Waals surface area contributed by atoms with Crippen LogP contribution in [0.5, 0.6) is 5.88 Å². The number of hydrogen-bond donors (Lipinski definition) is 2. The summed E-state index contributed by atoms with van der Waals surface area (Å²) in [5, 5.41) is 25.2. The van der Waals surface area contributed by atoms with Gasteiger partial charge in [0.05, 0.1) is 17.3 Å². The standard InChI is InChI=1S/C22H21N5O/c1-13(2)11-14-3-5-16(6-4-14)20-19-18(15-7-9-25-10-8-15)17(12-23)21(24)28-22(19)27-26-20/h3-10,13,17-18,24H,11H2,1-2H3,(H,26,27). The molecule has 6 nitrogen and oxygen atoms in total. The molecule has 0 spiro atoms. The fourth-order valence-corrected chi connectivity index (χ4v) is 3.75. The topological polar surface area (TPSA) is 98.4 Å². The first-order valence-electron chi connectivity index (χ1n) is 9.32. The van der Waals surface area contributed by atoms with Gasteiger partial charge in [0, 0.05) is 18.3 Å². The van der Waals surface area contributed by atoms with Gasteiger partial charge in [-0.1, -0.05) is 38.1 Å². The molecule has 0 aliphatic carbocycles. The van der Waals surface area contributed by atoms with E-state index in [1.165, 1.54) is 5.56 Å². The van der Waals surface area contributed by atoms with Crippen LogP contribution < -0.4 is 4.74 Å². The number of hydrogen-bond acceptors (Lipinski definition) is 5. The molecular formula is C22H21N5O. The molecule has 1 aromatic carbocycles. The van der Waals surface area contributed by atoms with Gasteiger partial charge in [-0.3, -0.25) is 15.5 Å². The van der Waals surface area contributed by atoms with Gasteiger partial charge in [-0.25, -0.2) is 0 Å². The second-order valence-electron chi connectivity index (χ2n) is 7.44. The van der Waals surface area contributed by atoms with E-state index in [-0.39, 0.29) is 11.8 Å². The Bertz CT molecular complexity index is 1030. The third kappa shape index (κ3) is 3.16. The average molecular weight is 371 g/mol. The lowest BCUT2D eigenvalue weighted by molar-refractivity contribution is 0.437. The van der Waals surface area contributed by atoms with Crippen LogP contribution in [0.1, 0.15) is 36.5 Å². The quantitative estimate of drug-likeness (QED) is 0.714. The van der Waals surface area contributed by atoms with Crippen LogP contribution >= 0.6 is 0 Å². The van der Waals surface area contributed by atoms with Gasteiger partial charge in [-0.2, -0.15) is 5.26 Å². The van der Waals surface area contributed by atoms with Crippen LogP contribution in [0, 0.1) is 28.6 Å². The molecule has 0 bridgehead atoms. The number of H-pyrrole nitrogens is 1. The molecule has 3 aromatic rings. The van der Waals surface area contributed by atoms with Crippen molar-refractivity contribution in [1.29, 1.82) is 10.7 Å². The second-order valence-corrected chi connectivity index (χ2v) is 7.44. The number of nitriles is 1. The predicted octanol–water partition coefficient (Wildman–Crippen LogP) is 4.31. The fraction of sp³-hybridized carbons (Fsp3) is 0.273. The van der Waals surface area contributed by atoms with E-state index in [0.29, 0.717) is 11.8 Å². The summed E-state index contributed by atoms with van der Waals surface area (Å²) in [4.78, 5) is 4.08. The van der Waals surface area contributed by atoms with Crippen LogP contribution in [0.4, 0.5) is 0 Å². The van der Waals surface area contributed by atoms with Crippen molar-refractivity contribution in [3.05, 3.63) is 65.5 Å². The number of nitrogens with one attached hydrogen (secondary N) is 2. The van der Waals surface area contributed by atoms with Crippen molar-refractivity contribution in [3.63, 3.8) is 0 Å². The largest absolute Gasteiger partial charge is 0.422 e. The minimum Gasteiger partial charge on any atom is -0.422 e. The molecule has 2 N–H and O–H groups in total. The molecule has 6 heteroatoms. The number of pyridine rings is 1. The zero-order valence-electron chi connectivity index (χ0n) is 15.8. The van der Waals surface area contributed by atoms with Gasteiger partial charge < -0.3 is 4.74 Å². The maximum Gasteiger partial charge on any atom is 0.244 e. The van der Waals surface area contributed by atoms with E-state index >= 15 is 0 Å². The zero-order chi connectivity index (χ0) is 19.7. The molecule has 1 aliphatic heterocycles. The summed E-state index contributed by atoms with van der Waals surface area (Å²) >= 11 is 0. The maximum atomic E-state index is 9.72. The number of rotatable bonds is 4. The number of aromatic amines is 1. The van der Waals surface area contributed by atoms with Gasteiger partial charge in [0.1, 0.15) is 5.92 Å². The Morgan fingerprint density at radius 1 is 1.18 bits per heavy atom. The summed E-state index contributed by atoms with van der Waals surface area (Å²) in [6.07, 6.45) is 4.42. The van der Waals surface area contributed by atoms with Crippen LogP contribution in [-0.2, 0) is 6.42 Å². The van der Waals surface area contributed by atoms with Gasteiger partial charge in [0.25, 0.3) is 0 Å². The van der Waals surface area contributed by atoms with Crippen LogP contribution in [0.2, 0.25) is 0 Å². The van der Waals surface area contributed by atoms with E-state index in [1.54, 1.807) is 12.4 Å². The lowest BCUT2D eigenvalue weighted by Crippen LogP contribution is -2.30. The van der Waals surface area contributed by atoms with Crippen LogP contribution in [0.15, 0.2) is 48.8 Å². The molecule has 4 rings (SSSR count). The van der Waals surface area contributed by atoms with Gasteiger partial charge in [-0.05, 0) is 41.2 Å². The van der Waals surface area contributed by atoms with Crippen molar-refractivity contribution in [2.24, 2.45) is 11.8 Å². The molecule has 28 heavy (non-hydrogen) atoms. The van der Waals surface area contributed by atoms with Crippen molar-refractivity contribution in [2.45, 2.75) is 26.2 Å². The Hall–Kier alpha value is -3.46. The highest BCUT2D eigenvalue weighted by molar-refractivity contribution is 5.86. The SMILES string of the molecule is CC(C)Cc1ccc(-c2[nH]nc3c2C(c2ccncc2)C(C#N)C(=N)O3)cc1. The van der Waals surface area contributed by atoms with E-state index in [0.717, 1.165) is 28.8 Å². The van der Waals surface area contributed by atoms with Crippen molar-refractivity contribution < 1.29 is 4.74 Å². The molecule has 1 aliphatic rings. The smallest absolute Gasteiger partial charge is 0.244 e. The number of benzene rings is 1. The molecule has 0 radical (unpaired) electrons. The predicted molar refractivity (Wildman–Crippen MR) is 106 cm³/mol. The van der Waals surface area contributed by atoms with Gasteiger partial charge in [0.15, 0.2) is 0 Å². The summed E-state index contributed by atoms with van der Waals surface area (Å²) in [6.45, 7) is 4.40. The first-order chi connectivity index (χ1) is 13.6. The minimum atomic E-state index is -0.716. The molecule has 0 saturated carbocycles. The highest BCUT2D eigenvalue weighted by atomic mass is 16.5. The molecule has 0 fully saturated rings. The van der Waals surface area contributed by atoms with Gasteiger partial charge in [-0.15, -0.1) is 5.10 Å². The molecule has 0 amide bonds. The lowest BCUT2D eigenvalue weighted by Gasteiger charge is -2.28. The van der Waals surface area contributed by atoms with Crippen molar-refractivity contribution in [1.82, 2.24) is 15.2 Å². The van der Waals surface area contributed by atoms with E-state index in [2.05, 4.69) is 59.4 Å². The Balaban J connectivity index is 1.81. The molecule has 0 saturated heterocycles. The highest BCUT2D eigenvalue weighted by Gasteiger charge is 2.40. The number of fused-ring (bicyclic) bond motifs is 1. The number of ether oxygens (including phenoxy) is 1. The summed E-state index contributed by atoms with van der Waals surface area (Å²) in [5.41, 5.74) is 4.81. The van der Waals surface area contributed by atoms with Crippen LogP contribution in [-0.4, -0.2) is 21.1 Å². The Morgan fingerprint density at radius 3 is 2.54 bits per heavy atom. The van der Waals surface area contributed by atoms with Crippen LogP contribution in [0.3, 0.4) is 0 Å². The normalized spacial score (nSPS) is 18.4. The number of nitrogens with zero attached hydrogens (tertiary/aromatic N) is 3. The molecule has 2 atom stereocenters. The summed E-state index contributed by atoms with van der Waals surface area (Å²) in [7, 11) is 0. The van der Waals surface area contributed by atoms with Crippen molar-refractivity contribution >= 4 is 5.90 Å². The minimum absolute atomic E-state index is 0.0813. The first kappa shape index (κ1) is 17.9. The number of aromatic nitrogens is 3. The monoisotopic (exact) mass is 371 g/mol. The summed E-state index contributed by atoms with van der Waals surface area (Å²) in [5.74, 6) is -0.181. The van der Waals surface area contributed by atoms with Crippen LogP contribution in [0.25, 0.3) is 11.3 Å². The highest BCUT2D eigenvalue weighted by Crippen LogP contribution is 2.45. The first-order valence-corrected chi connectivity index (χ1v) is 9.32. The summed E-state index contributed by atoms with van der Waals surface area (Å²) < 4.78 is 5.57. The molecule has 140 valence electrons. The van der Waals surface area contributed by atoms with Gasteiger partial charge in [0.2, 0.25) is 11.8 Å². The maximum absolute atomic E-state index is 9.72. The average Bonchev–Trinajstić information content (AvgIpc) is 3.11. The molecule has 3 heterocycles. The molecular weight excluding hydrogens is 350 g/mol. The van der Waals surface area contributed by atoms with E-state index in [4.69, 9.17) is 10.1 Å². The summed E-state index contributed by atoms with van der Waals surface area (Å²) in [6, 6.07) is 14.4. The third-order valence-corrected chi connectivity index (χ3v) is 4.99. The Labute approximate surface area is 163 Å². The van der Waals surface area contributed by atoms with Gasteiger partial charge >= 0.3 is 0 Å². The van der Waals surface area contributed by atoms with Crippen molar-refractivity contribution in [2.75, 3.05) is 0 Å². The van der Waals surface area contributed by atoms with E-state index < -0.39 is 5.92 Å². The van der Waals surface area contributed by atoms with Crippen molar-refractivity contribution in [3.8, 4) is 23.2 Å². The Morgan fingerprint density at radius 2 is 1.89 bits per heavy atom. The zero-order valence-corrected chi connectivity index (χ0v) is 15.8. The fourth-order valence-electron chi connectivity index (χ4n) is 3.75. The Kier molecular flexibility index (Phi) is 4.66. The molecule has 2 aromatic heterocycles. The molecule has 2 unspecified atom stereocenters. The van der Waals surface area contributed by atoms with E-state index in [1.807, 2.05) is 12.1 Å².